The van der Waals surface area contributed by atoms with Crippen molar-refractivity contribution in [2.75, 3.05) is 12.3 Å². The zero-order valence-electron chi connectivity index (χ0n) is 11.8. The molecule has 1 heterocycles. The van der Waals surface area contributed by atoms with Crippen LogP contribution >= 0.6 is 12.4 Å². The first kappa shape index (κ1) is 14.9. The largest absolute Gasteiger partial charge is 0.399 e. The molecule has 1 aliphatic rings. The highest BCUT2D eigenvalue weighted by molar-refractivity contribution is 5.85. The van der Waals surface area contributed by atoms with Crippen LogP contribution in [0.2, 0.25) is 0 Å². The number of nitrogen functional groups attached to an aromatic ring is 1. The summed E-state index contributed by atoms with van der Waals surface area (Å²) in [6.07, 6.45) is 1.14. The topological polar surface area (TPSA) is 29.3 Å². The van der Waals surface area contributed by atoms with Crippen molar-refractivity contribution in [3.05, 3.63) is 65.2 Å². The number of halogens is 1. The van der Waals surface area contributed by atoms with Gasteiger partial charge in [0, 0.05) is 24.8 Å². The molecular formula is C17H21ClN2. The van der Waals surface area contributed by atoms with E-state index in [0.717, 1.165) is 25.2 Å². The Kier molecular flexibility index (Phi) is 4.69. The maximum atomic E-state index is 5.86. The molecule has 1 aliphatic heterocycles. The molecule has 0 spiro atoms. The summed E-state index contributed by atoms with van der Waals surface area (Å²) < 4.78 is 0. The van der Waals surface area contributed by atoms with Gasteiger partial charge in [0.25, 0.3) is 0 Å². The third-order valence-electron chi connectivity index (χ3n) is 4.06. The van der Waals surface area contributed by atoms with Gasteiger partial charge < -0.3 is 5.73 Å². The van der Waals surface area contributed by atoms with Gasteiger partial charge in [-0.25, -0.2) is 0 Å². The second kappa shape index (κ2) is 6.29. The van der Waals surface area contributed by atoms with E-state index in [1.165, 1.54) is 16.7 Å². The van der Waals surface area contributed by atoms with E-state index < -0.39 is 0 Å². The van der Waals surface area contributed by atoms with Crippen molar-refractivity contribution in [3.63, 3.8) is 0 Å². The number of hydrogen-bond acceptors (Lipinski definition) is 2. The van der Waals surface area contributed by atoms with Crippen molar-refractivity contribution in [1.82, 2.24) is 4.90 Å². The molecule has 0 bridgehead atoms. The van der Waals surface area contributed by atoms with E-state index in [-0.39, 0.29) is 12.4 Å². The predicted molar refractivity (Wildman–Crippen MR) is 87.1 cm³/mol. The number of hydrogen-bond donors (Lipinski definition) is 1. The van der Waals surface area contributed by atoms with Crippen LogP contribution in [-0.2, 0) is 13.0 Å². The molecule has 3 rings (SSSR count). The van der Waals surface area contributed by atoms with Crippen LogP contribution in [0.1, 0.15) is 29.7 Å². The molecule has 1 unspecified atom stereocenters. The van der Waals surface area contributed by atoms with Gasteiger partial charge in [-0.15, -0.1) is 12.4 Å². The predicted octanol–water partition coefficient (Wildman–Crippen LogP) is 3.81. The summed E-state index contributed by atoms with van der Waals surface area (Å²) in [5.74, 6) is 0. The quantitative estimate of drug-likeness (QED) is 0.852. The average Bonchev–Trinajstić information content (AvgIpc) is 2.42. The molecule has 0 saturated heterocycles. The van der Waals surface area contributed by atoms with E-state index in [2.05, 4.69) is 48.2 Å². The van der Waals surface area contributed by atoms with E-state index in [4.69, 9.17) is 5.73 Å². The Morgan fingerprint density at radius 2 is 1.95 bits per heavy atom. The molecule has 2 nitrogen and oxygen atoms in total. The van der Waals surface area contributed by atoms with E-state index in [9.17, 15) is 0 Å². The Morgan fingerprint density at radius 3 is 2.75 bits per heavy atom. The third-order valence-corrected chi connectivity index (χ3v) is 4.06. The first-order chi connectivity index (χ1) is 9.24. The van der Waals surface area contributed by atoms with Gasteiger partial charge >= 0.3 is 0 Å². The van der Waals surface area contributed by atoms with E-state index >= 15 is 0 Å². The second-order valence-corrected chi connectivity index (χ2v) is 5.34. The highest BCUT2D eigenvalue weighted by Crippen LogP contribution is 2.30. The van der Waals surface area contributed by atoms with Crippen LogP contribution in [-0.4, -0.2) is 11.4 Å². The lowest BCUT2D eigenvalue weighted by molar-refractivity contribution is 0.190. The highest BCUT2D eigenvalue weighted by Gasteiger charge is 2.23. The van der Waals surface area contributed by atoms with Crippen LogP contribution < -0.4 is 5.73 Å². The number of anilines is 1. The van der Waals surface area contributed by atoms with Gasteiger partial charge in [-0.1, -0.05) is 36.4 Å². The first-order valence-electron chi connectivity index (χ1n) is 6.90. The van der Waals surface area contributed by atoms with Gasteiger partial charge in [-0.05, 0) is 42.2 Å². The van der Waals surface area contributed by atoms with Crippen molar-refractivity contribution < 1.29 is 0 Å². The molecule has 0 aliphatic carbocycles. The highest BCUT2D eigenvalue weighted by atomic mass is 35.5. The van der Waals surface area contributed by atoms with Crippen LogP contribution in [0, 0.1) is 0 Å². The normalized spacial score (nSPS) is 18.1. The van der Waals surface area contributed by atoms with Crippen molar-refractivity contribution in [1.29, 1.82) is 0 Å². The lowest BCUT2D eigenvalue weighted by Gasteiger charge is -2.35. The minimum absolute atomic E-state index is 0. The number of benzene rings is 2. The smallest absolute Gasteiger partial charge is 0.0326 e. The fraction of sp³-hybridized carbons (Fsp3) is 0.294. The molecule has 3 heteroatoms. The minimum atomic E-state index is 0. The summed E-state index contributed by atoms with van der Waals surface area (Å²) in [6.45, 7) is 4.39. The molecule has 106 valence electrons. The SMILES string of the molecule is CC1c2ccccc2CCN1Cc1cccc(N)c1.Cl. The standard InChI is InChI=1S/C17H20N2.ClH/c1-13-17-8-3-2-6-15(17)9-10-19(13)12-14-5-4-7-16(18)11-14;/h2-8,11,13H,9-10,12,18H2,1H3;1H. The van der Waals surface area contributed by atoms with Gasteiger partial charge in [0.05, 0.1) is 0 Å². The van der Waals surface area contributed by atoms with Gasteiger partial charge in [0.1, 0.15) is 0 Å². The number of nitrogens with two attached hydrogens (primary N) is 1. The first-order valence-corrected chi connectivity index (χ1v) is 6.90. The number of nitrogens with zero attached hydrogens (tertiary/aromatic N) is 1. The minimum Gasteiger partial charge on any atom is -0.399 e. The van der Waals surface area contributed by atoms with Crippen LogP contribution in [0.3, 0.4) is 0 Å². The molecule has 0 fully saturated rings. The van der Waals surface area contributed by atoms with Crippen LogP contribution in [0.4, 0.5) is 5.69 Å². The summed E-state index contributed by atoms with van der Waals surface area (Å²) in [5.41, 5.74) is 11.0. The van der Waals surface area contributed by atoms with Gasteiger partial charge in [-0.3, -0.25) is 4.90 Å². The molecule has 1 atom stereocenters. The van der Waals surface area contributed by atoms with E-state index in [1.807, 2.05) is 12.1 Å². The molecule has 20 heavy (non-hydrogen) atoms. The van der Waals surface area contributed by atoms with Crippen molar-refractivity contribution in [3.8, 4) is 0 Å². The second-order valence-electron chi connectivity index (χ2n) is 5.34. The zero-order valence-corrected chi connectivity index (χ0v) is 12.6. The average molecular weight is 289 g/mol. The maximum absolute atomic E-state index is 5.86. The number of rotatable bonds is 2. The van der Waals surface area contributed by atoms with Crippen LogP contribution in [0.15, 0.2) is 48.5 Å². The molecule has 2 N–H and O–H groups in total. The Balaban J connectivity index is 0.00000147. The fourth-order valence-electron chi connectivity index (χ4n) is 2.97. The third kappa shape index (κ3) is 2.97. The van der Waals surface area contributed by atoms with Gasteiger partial charge in [-0.2, -0.15) is 0 Å². The molecular weight excluding hydrogens is 268 g/mol. The molecule has 0 saturated carbocycles. The molecule has 2 aromatic rings. The van der Waals surface area contributed by atoms with Gasteiger partial charge in [0.2, 0.25) is 0 Å². The van der Waals surface area contributed by atoms with Crippen molar-refractivity contribution in [2.24, 2.45) is 0 Å². The Hall–Kier alpha value is -1.51. The summed E-state index contributed by atoms with van der Waals surface area (Å²) in [6, 6.07) is 17.5. The fourth-order valence-corrected chi connectivity index (χ4v) is 2.97. The van der Waals surface area contributed by atoms with Gasteiger partial charge in [0.15, 0.2) is 0 Å². The monoisotopic (exact) mass is 288 g/mol. The Labute approximate surface area is 127 Å². The molecule has 0 aromatic heterocycles. The van der Waals surface area contributed by atoms with E-state index in [1.54, 1.807) is 0 Å². The Bertz CT molecular complexity index is 583. The summed E-state index contributed by atoms with van der Waals surface area (Å²) in [4.78, 5) is 2.52. The van der Waals surface area contributed by atoms with Crippen molar-refractivity contribution in [2.45, 2.75) is 25.9 Å². The zero-order chi connectivity index (χ0) is 13.2. The summed E-state index contributed by atoms with van der Waals surface area (Å²) in [7, 11) is 0. The Morgan fingerprint density at radius 1 is 1.15 bits per heavy atom. The summed E-state index contributed by atoms with van der Waals surface area (Å²) >= 11 is 0. The van der Waals surface area contributed by atoms with E-state index in [0.29, 0.717) is 6.04 Å². The lowest BCUT2D eigenvalue weighted by Crippen LogP contribution is -2.33. The number of fused-ring (bicyclic) bond motifs is 1. The molecule has 0 amide bonds. The maximum Gasteiger partial charge on any atom is 0.0326 e. The van der Waals surface area contributed by atoms with Crippen molar-refractivity contribution >= 4 is 18.1 Å². The molecule has 0 radical (unpaired) electrons. The van der Waals surface area contributed by atoms with Crippen LogP contribution in [0.25, 0.3) is 0 Å². The summed E-state index contributed by atoms with van der Waals surface area (Å²) in [5, 5.41) is 0. The van der Waals surface area contributed by atoms with Crippen LogP contribution in [0.5, 0.6) is 0 Å². The lowest BCUT2D eigenvalue weighted by atomic mass is 9.93. The molecule has 2 aromatic carbocycles.